The molecule has 3 aliphatic rings. The Morgan fingerprint density at radius 3 is 2.15 bits per heavy atom. The van der Waals surface area contributed by atoms with Crippen LogP contribution in [0.15, 0.2) is 36.5 Å². The molecule has 1 aromatic carbocycles. The molecular formula is C29H30F4N4O3. The van der Waals surface area contributed by atoms with Gasteiger partial charge >= 0.3 is 6.36 Å². The topological polar surface area (TPSA) is 78.5 Å². The minimum atomic E-state index is -4.80. The molecule has 40 heavy (non-hydrogen) atoms. The first kappa shape index (κ1) is 26.6. The van der Waals surface area contributed by atoms with Crippen LogP contribution in [0.25, 0.3) is 11.0 Å². The largest absolute Gasteiger partial charge is 0.573 e. The number of alkyl halides is 3. The zero-order valence-electron chi connectivity index (χ0n) is 21.8. The van der Waals surface area contributed by atoms with Gasteiger partial charge in [-0.3, -0.25) is 9.59 Å². The molecule has 0 unspecified atom stereocenters. The second-order valence-corrected chi connectivity index (χ2v) is 11.0. The summed E-state index contributed by atoms with van der Waals surface area (Å²) in [6.45, 7) is 2.26. The quantitative estimate of drug-likeness (QED) is 0.406. The van der Waals surface area contributed by atoms with Crippen LogP contribution in [0.2, 0.25) is 0 Å². The number of amides is 2. The van der Waals surface area contributed by atoms with Gasteiger partial charge in [0.25, 0.3) is 5.91 Å². The summed E-state index contributed by atoms with van der Waals surface area (Å²) in [5, 5.41) is 0.761. The van der Waals surface area contributed by atoms with E-state index in [1.54, 1.807) is 4.90 Å². The first-order valence-electron chi connectivity index (χ1n) is 13.8. The van der Waals surface area contributed by atoms with Crippen LogP contribution < -0.4 is 4.74 Å². The van der Waals surface area contributed by atoms with Gasteiger partial charge in [0, 0.05) is 60.2 Å². The van der Waals surface area contributed by atoms with E-state index in [1.807, 2.05) is 11.0 Å². The monoisotopic (exact) mass is 558 g/mol. The third kappa shape index (κ3) is 5.51. The number of carbonyl (C=O) groups excluding carboxylic acids is 2. The fourth-order valence-electron chi connectivity index (χ4n) is 6.08. The average molecular weight is 559 g/mol. The van der Waals surface area contributed by atoms with E-state index in [1.165, 1.54) is 18.3 Å². The van der Waals surface area contributed by atoms with Crippen LogP contribution in [0.4, 0.5) is 17.6 Å². The summed E-state index contributed by atoms with van der Waals surface area (Å²) in [7, 11) is 0. The predicted octanol–water partition coefficient (Wildman–Crippen LogP) is 5.74. The number of hydrogen-bond acceptors (Lipinski definition) is 4. The second kappa shape index (κ2) is 10.4. The lowest BCUT2D eigenvalue weighted by Gasteiger charge is -2.32. The zero-order valence-corrected chi connectivity index (χ0v) is 21.8. The molecule has 4 heterocycles. The number of H-pyrrole nitrogens is 1. The molecule has 2 aliphatic heterocycles. The number of hydrogen-bond donors (Lipinski definition) is 1. The minimum Gasteiger partial charge on any atom is -0.406 e. The first-order chi connectivity index (χ1) is 19.2. The van der Waals surface area contributed by atoms with Crippen LogP contribution in [0.1, 0.15) is 72.0 Å². The molecule has 2 saturated heterocycles. The van der Waals surface area contributed by atoms with Gasteiger partial charge in [-0.25, -0.2) is 9.37 Å². The van der Waals surface area contributed by atoms with Gasteiger partial charge in [0.1, 0.15) is 17.2 Å². The van der Waals surface area contributed by atoms with E-state index in [4.69, 9.17) is 0 Å². The summed E-state index contributed by atoms with van der Waals surface area (Å²) in [4.78, 5) is 36.7. The molecule has 0 radical (unpaired) electrons. The van der Waals surface area contributed by atoms with Crippen LogP contribution in [0.3, 0.4) is 0 Å². The highest BCUT2D eigenvalue weighted by Gasteiger charge is 2.36. The van der Waals surface area contributed by atoms with Gasteiger partial charge in [-0.15, -0.1) is 13.2 Å². The maximum absolute atomic E-state index is 15.2. The van der Waals surface area contributed by atoms with Gasteiger partial charge in [-0.05, 0) is 74.8 Å². The maximum Gasteiger partial charge on any atom is 0.573 e. The Labute approximate surface area is 228 Å². The molecule has 1 saturated carbocycles. The normalized spacial score (nSPS) is 19.3. The lowest BCUT2D eigenvalue weighted by atomic mass is 9.87. The lowest BCUT2D eigenvalue weighted by molar-refractivity contribution is -0.274. The minimum absolute atomic E-state index is 0.0984. The number of fused-ring (bicyclic) bond motifs is 1. The van der Waals surface area contributed by atoms with E-state index in [0.717, 1.165) is 62.0 Å². The number of likely N-dealkylation sites (tertiary alicyclic amines) is 2. The number of halogens is 4. The summed E-state index contributed by atoms with van der Waals surface area (Å²) in [5.41, 5.74) is 2.53. The van der Waals surface area contributed by atoms with E-state index < -0.39 is 6.36 Å². The molecule has 0 atom stereocenters. The van der Waals surface area contributed by atoms with Gasteiger partial charge < -0.3 is 19.5 Å². The van der Waals surface area contributed by atoms with Gasteiger partial charge in [0.05, 0.1) is 6.20 Å². The summed E-state index contributed by atoms with van der Waals surface area (Å²) in [6.07, 6.45) is 1.27. The Hall–Kier alpha value is -3.63. The maximum atomic E-state index is 15.2. The Morgan fingerprint density at radius 1 is 0.900 bits per heavy atom. The number of nitrogens with zero attached hydrogens (tertiary/aromatic N) is 3. The van der Waals surface area contributed by atoms with E-state index in [0.29, 0.717) is 37.1 Å². The van der Waals surface area contributed by atoms with Crippen molar-refractivity contribution in [3.63, 3.8) is 0 Å². The van der Waals surface area contributed by atoms with Crippen LogP contribution in [-0.4, -0.2) is 64.1 Å². The molecule has 6 rings (SSSR count). The van der Waals surface area contributed by atoms with Crippen molar-refractivity contribution in [3.8, 4) is 5.75 Å². The number of aromatic nitrogens is 2. The molecular weight excluding hydrogens is 528 g/mol. The van der Waals surface area contributed by atoms with Crippen LogP contribution in [0, 0.1) is 11.7 Å². The van der Waals surface area contributed by atoms with Crippen molar-refractivity contribution in [2.24, 2.45) is 5.92 Å². The average Bonchev–Trinajstić information content (AvgIpc) is 3.71. The highest BCUT2D eigenvalue weighted by Crippen LogP contribution is 2.38. The summed E-state index contributed by atoms with van der Waals surface area (Å²) < 4.78 is 56.3. The van der Waals surface area contributed by atoms with Crippen molar-refractivity contribution in [1.29, 1.82) is 0 Å². The summed E-state index contributed by atoms with van der Waals surface area (Å²) in [6, 6.07) is 6.88. The number of nitrogens with one attached hydrogen (secondary N) is 1. The first-order valence-corrected chi connectivity index (χ1v) is 13.8. The summed E-state index contributed by atoms with van der Waals surface area (Å²) >= 11 is 0. The van der Waals surface area contributed by atoms with Crippen molar-refractivity contribution in [1.82, 2.24) is 19.8 Å². The highest BCUT2D eigenvalue weighted by molar-refractivity contribution is 5.94. The molecule has 2 amide bonds. The lowest BCUT2D eigenvalue weighted by Crippen LogP contribution is -2.38. The molecule has 3 aromatic rings. The van der Waals surface area contributed by atoms with Gasteiger partial charge in [-0.1, -0.05) is 0 Å². The molecule has 1 aliphatic carbocycles. The van der Waals surface area contributed by atoms with Crippen molar-refractivity contribution >= 4 is 22.8 Å². The van der Waals surface area contributed by atoms with Crippen molar-refractivity contribution in [3.05, 3.63) is 59.2 Å². The van der Waals surface area contributed by atoms with Gasteiger partial charge in [0.2, 0.25) is 5.91 Å². The van der Waals surface area contributed by atoms with E-state index in [9.17, 15) is 22.8 Å². The molecule has 2 aromatic heterocycles. The Morgan fingerprint density at radius 2 is 1.52 bits per heavy atom. The molecule has 11 heteroatoms. The molecule has 7 nitrogen and oxygen atoms in total. The second-order valence-electron chi connectivity index (χ2n) is 11.0. The number of rotatable bonds is 5. The third-order valence-electron chi connectivity index (χ3n) is 8.37. The number of aromatic amines is 1. The Balaban J connectivity index is 1.11. The molecule has 3 fully saturated rings. The molecule has 1 N–H and O–H groups in total. The smallest absolute Gasteiger partial charge is 0.406 e. The number of carbonyl (C=O) groups is 2. The fraction of sp³-hybridized carbons (Fsp3) is 0.483. The van der Waals surface area contributed by atoms with E-state index in [-0.39, 0.29) is 46.7 Å². The number of ether oxygens (including phenoxy) is 1. The summed E-state index contributed by atoms with van der Waals surface area (Å²) in [5.74, 6) is -0.388. The van der Waals surface area contributed by atoms with Crippen molar-refractivity contribution in [2.75, 3.05) is 26.2 Å². The van der Waals surface area contributed by atoms with E-state index >= 15 is 4.39 Å². The van der Waals surface area contributed by atoms with Crippen molar-refractivity contribution < 1.29 is 31.9 Å². The van der Waals surface area contributed by atoms with Crippen LogP contribution >= 0.6 is 0 Å². The third-order valence-corrected chi connectivity index (χ3v) is 8.37. The van der Waals surface area contributed by atoms with Crippen molar-refractivity contribution in [2.45, 2.75) is 56.7 Å². The van der Waals surface area contributed by atoms with Gasteiger partial charge in [-0.2, -0.15) is 0 Å². The highest BCUT2D eigenvalue weighted by atomic mass is 19.4. The SMILES string of the molecule is O=C(c1ccc(OC(F)(F)F)cc1)N1CCC(c2c(F)cnc3[nH]c(C4CCN(C(=O)C5CC5)CC4)cc23)CC1. The number of piperidine rings is 2. The predicted molar refractivity (Wildman–Crippen MR) is 138 cm³/mol. The fourth-order valence-corrected chi connectivity index (χ4v) is 6.08. The zero-order chi connectivity index (χ0) is 28.0. The van der Waals surface area contributed by atoms with E-state index in [2.05, 4.69) is 14.7 Å². The Bertz CT molecular complexity index is 1400. The standard InChI is InChI=1S/C29H30F4N4O3/c30-23-16-34-26-22(15-24(35-26)17-7-11-36(12-8-17)27(38)19-1-2-19)25(23)18-9-13-37(14-10-18)28(39)20-3-5-21(6-4-20)40-29(31,32)33/h3-6,15-19H,1-2,7-14H2,(H,34,35). The van der Waals surface area contributed by atoms with Crippen LogP contribution in [0.5, 0.6) is 5.75 Å². The van der Waals surface area contributed by atoms with Gasteiger partial charge in [0.15, 0.2) is 0 Å². The molecule has 0 spiro atoms. The Kier molecular flexibility index (Phi) is 6.92. The number of pyridine rings is 1. The molecule has 0 bridgehead atoms. The van der Waals surface area contributed by atoms with Crippen LogP contribution in [-0.2, 0) is 4.79 Å². The molecule has 212 valence electrons. The number of benzene rings is 1.